The van der Waals surface area contributed by atoms with Crippen molar-refractivity contribution in [1.29, 1.82) is 0 Å². The Morgan fingerprint density at radius 1 is 0.788 bits per heavy atom. The number of halogens is 7. The number of rotatable bonds is 4. The van der Waals surface area contributed by atoms with Gasteiger partial charge in [0.2, 0.25) is 11.2 Å². The number of aryl methyl sites for hydroxylation is 1. The molecule has 0 fully saturated rings. The van der Waals surface area contributed by atoms with Crippen LogP contribution in [-0.2, 0) is 0 Å². The number of nitrogens with two attached hydrogens (primary N) is 1. The molecule has 2 aliphatic carbocycles. The zero-order chi connectivity index (χ0) is 37.1. The predicted octanol–water partition coefficient (Wildman–Crippen LogP) is 12.7. The maximum absolute atomic E-state index is 16.0. The zero-order valence-corrected chi connectivity index (χ0v) is 29.2. The maximum Gasteiger partial charge on any atom is 0.416 e. The van der Waals surface area contributed by atoms with Crippen molar-refractivity contribution in [1.82, 2.24) is 4.57 Å². The molecule has 0 saturated heterocycles. The Hall–Kier alpha value is -5.16. The van der Waals surface area contributed by atoms with Gasteiger partial charge < -0.3 is 15.2 Å². The van der Waals surface area contributed by atoms with E-state index >= 15 is 11.7 Å². The van der Waals surface area contributed by atoms with Crippen LogP contribution in [0.25, 0.3) is 33.1 Å². The summed E-state index contributed by atoms with van der Waals surface area (Å²) >= 11 is -6.03. The molecule has 0 bridgehead atoms. The Balaban J connectivity index is 0.00000207. The molecule has 3 nitrogen and oxygen atoms in total. The van der Waals surface area contributed by atoms with Gasteiger partial charge in [0.15, 0.2) is 0 Å². The minimum absolute atomic E-state index is 0.0359. The number of anilines is 2. The number of aromatic nitrogens is 1. The summed E-state index contributed by atoms with van der Waals surface area (Å²) in [5.41, 5.74) is 8.89. The summed E-state index contributed by atoms with van der Waals surface area (Å²) in [4.78, 5) is 0.774. The monoisotopic (exact) mass is 733 g/mol. The first-order chi connectivity index (χ1) is 24.8. The Labute approximate surface area is 298 Å². The summed E-state index contributed by atoms with van der Waals surface area (Å²) in [6, 6.07) is 22.0. The SMILES string of the molecule is CC1=C(c2cc(N3c4ccccc4C4C=C(N)C=CC43)c(S(F)(F)F)c(-n3c4ccccc4c4cc(C)ccc43)c2)C(C(F)(F)F)=CCC=C1.CF. The first kappa shape index (κ1) is 35.3. The molecular weight excluding hydrogens is 700 g/mol. The third-order valence-electron chi connectivity index (χ3n) is 9.77. The summed E-state index contributed by atoms with van der Waals surface area (Å²) < 4.78 is 104. The summed E-state index contributed by atoms with van der Waals surface area (Å²) in [6.07, 6.45) is 4.91. The van der Waals surface area contributed by atoms with Gasteiger partial charge in [-0.2, -0.15) is 13.2 Å². The topological polar surface area (TPSA) is 34.2 Å². The standard InChI is InChI=1S/C40H31F6N3S.CH3F/c1-23-15-17-34-29(19-23)27-10-4-7-13-32(27)48(34)36-20-25(38-24(2)9-3-6-12-31(38)40(41,42)43)21-37(39(36)50(44,45)46)49-33-14-8-5-11-28(33)30-22-26(47)16-18-35(30)49;1-2/h3-5,7-22,30,35H,6,47H2,1-2H3;1H3. The van der Waals surface area contributed by atoms with Crippen molar-refractivity contribution < 1.29 is 29.2 Å². The first-order valence-electron chi connectivity index (χ1n) is 16.5. The number of para-hydroxylation sites is 2. The number of alkyl halides is 4. The zero-order valence-electron chi connectivity index (χ0n) is 28.4. The molecule has 2 heterocycles. The van der Waals surface area contributed by atoms with E-state index in [1.54, 1.807) is 71.0 Å². The van der Waals surface area contributed by atoms with E-state index in [4.69, 9.17) is 5.73 Å². The Morgan fingerprint density at radius 2 is 1.48 bits per heavy atom. The fraction of sp³-hybridized carbons (Fsp3) is 0.171. The van der Waals surface area contributed by atoms with E-state index < -0.39 is 33.9 Å². The van der Waals surface area contributed by atoms with Crippen LogP contribution in [0.4, 0.5) is 40.6 Å². The molecule has 11 heteroatoms. The Kier molecular flexibility index (Phi) is 8.89. The maximum atomic E-state index is 16.0. The van der Waals surface area contributed by atoms with Gasteiger partial charge in [-0.3, -0.25) is 4.39 Å². The fourth-order valence-corrected chi connectivity index (χ4v) is 8.57. The predicted molar refractivity (Wildman–Crippen MR) is 199 cm³/mol. The van der Waals surface area contributed by atoms with Gasteiger partial charge in [-0.05, 0) is 85.0 Å². The van der Waals surface area contributed by atoms with Crippen molar-refractivity contribution in [3.8, 4) is 5.69 Å². The van der Waals surface area contributed by atoms with Crippen LogP contribution in [0.5, 0.6) is 0 Å². The molecule has 1 aliphatic heterocycles. The highest BCUT2D eigenvalue weighted by Crippen LogP contribution is 2.67. The molecule has 3 aliphatic rings. The molecule has 1 aromatic heterocycles. The highest BCUT2D eigenvalue weighted by atomic mass is 32.3. The molecule has 2 N–H and O–H groups in total. The van der Waals surface area contributed by atoms with Crippen molar-refractivity contribution in [3.63, 3.8) is 0 Å². The molecule has 0 saturated carbocycles. The van der Waals surface area contributed by atoms with Gasteiger partial charge in [-0.15, -0.1) is 11.7 Å². The average molecular weight is 734 g/mol. The van der Waals surface area contributed by atoms with Gasteiger partial charge in [0.05, 0.1) is 41.2 Å². The van der Waals surface area contributed by atoms with Gasteiger partial charge in [0.25, 0.3) is 0 Å². The lowest BCUT2D eigenvalue weighted by Gasteiger charge is -2.34. The van der Waals surface area contributed by atoms with Gasteiger partial charge in [0.1, 0.15) is 4.90 Å². The van der Waals surface area contributed by atoms with Crippen molar-refractivity contribution in [3.05, 3.63) is 149 Å². The molecular formula is C41H34F7N3S. The van der Waals surface area contributed by atoms with Gasteiger partial charge >= 0.3 is 6.18 Å². The number of hydrogen-bond donors (Lipinski definition) is 1. The number of benzene rings is 4. The van der Waals surface area contributed by atoms with E-state index in [1.807, 2.05) is 49.4 Å². The molecule has 0 radical (unpaired) electrons. The second-order valence-corrected chi connectivity index (χ2v) is 14.1. The Morgan fingerprint density at radius 3 is 2.23 bits per heavy atom. The van der Waals surface area contributed by atoms with Crippen LogP contribution in [0.2, 0.25) is 0 Å². The first-order valence-corrected chi connectivity index (χ1v) is 17.8. The van der Waals surface area contributed by atoms with E-state index in [9.17, 15) is 17.6 Å². The minimum atomic E-state index is -6.03. The minimum Gasteiger partial charge on any atom is -0.399 e. The van der Waals surface area contributed by atoms with Crippen LogP contribution in [0, 0.1) is 6.92 Å². The molecule has 8 rings (SSSR count). The molecule has 0 spiro atoms. The second-order valence-electron chi connectivity index (χ2n) is 12.9. The molecule has 268 valence electrons. The van der Waals surface area contributed by atoms with Crippen LogP contribution >= 0.6 is 11.2 Å². The number of fused-ring (bicyclic) bond motifs is 6. The summed E-state index contributed by atoms with van der Waals surface area (Å²) in [5, 5.41) is 1.49. The highest BCUT2D eigenvalue weighted by molar-refractivity contribution is 8.21. The molecule has 4 aromatic carbocycles. The third-order valence-corrected chi connectivity index (χ3v) is 10.7. The summed E-state index contributed by atoms with van der Waals surface area (Å²) in [5.74, 6) is -0.358. The molecule has 2 unspecified atom stereocenters. The van der Waals surface area contributed by atoms with E-state index in [0.717, 1.165) is 28.0 Å². The van der Waals surface area contributed by atoms with Crippen molar-refractivity contribution >= 4 is 49.9 Å². The Bertz CT molecular complexity index is 2390. The molecule has 5 aromatic rings. The largest absolute Gasteiger partial charge is 0.416 e. The van der Waals surface area contributed by atoms with E-state index in [2.05, 4.69) is 0 Å². The van der Waals surface area contributed by atoms with Crippen LogP contribution in [0.1, 0.15) is 36.0 Å². The smallest absolute Gasteiger partial charge is 0.399 e. The number of nitrogens with zero attached hydrogens (tertiary/aromatic N) is 2. The molecule has 2 atom stereocenters. The van der Waals surface area contributed by atoms with Crippen molar-refractivity contribution in [2.75, 3.05) is 12.1 Å². The second kappa shape index (κ2) is 13.1. The van der Waals surface area contributed by atoms with Crippen LogP contribution in [0.15, 0.2) is 137 Å². The van der Waals surface area contributed by atoms with E-state index in [1.165, 1.54) is 12.1 Å². The fourth-order valence-electron chi connectivity index (χ4n) is 7.79. The highest BCUT2D eigenvalue weighted by Gasteiger charge is 2.44. The lowest BCUT2D eigenvalue weighted by atomic mass is 9.90. The van der Waals surface area contributed by atoms with Crippen molar-refractivity contribution in [2.24, 2.45) is 5.73 Å². The quantitative estimate of drug-likeness (QED) is 0.187. The average Bonchev–Trinajstić information content (AvgIpc) is 3.51. The lowest BCUT2D eigenvalue weighted by Crippen LogP contribution is -2.30. The number of hydrogen-bond acceptors (Lipinski definition) is 2. The lowest BCUT2D eigenvalue weighted by molar-refractivity contribution is -0.0873. The van der Waals surface area contributed by atoms with Crippen LogP contribution in [-0.4, -0.2) is 24.0 Å². The van der Waals surface area contributed by atoms with Crippen LogP contribution in [0.3, 0.4) is 0 Å². The molecule has 0 amide bonds. The van der Waals surface area contributed by atoms with Crippen LogP contribution < -0.4 is 10.6 Å². The van der Waals surface area contributed by atoms with Crippen molar-refractivity contribution in [2.45, 2.75) is 43.3 Å². The van der Waals surface area contributed by atoms with Gasteiger partial charge in [0, 0.05) is 28.1 Å². The third kappa shape index (κ3) is 5.81. The molecule has 52 heavy (non-hydrogen) atoms. The summed E-state index contributed by atoms with van der Waals surface area (Å²) in [7, 11) is 0.500. The van der Waals surface area contributed by atoms with Gasteiger partial charge in [-0.1, -0.05) is 78.4 Å². The van der Waals surface area contributed by atoms with Gasteiger partial charge in [-0.25, -0.2) is 0 Å². The number of allylic oxidation sites excluding steroid dienone is 7. The van der Waals surface area contributed by atoms with E-state index in [-0.39, 0.29) is 34.9 Å². The van der Waals surface area contributed by atoms with E-state index in [0.29, 0.717) is 35.2 Å². The normalized spacial score (nSPS) is 18.8. The summed E-state index contributed by atoms with van der Waals surface area (Å²) in [6.45, 7) is 3.48.